The Hall–Kier alpha value is -3.01. The first kappa shape index (κ1) is 22.2. The zero-order valence-electron chi connectivity index (χ0n) is 16.8. The third-order valence-corrected chi connectivity index (χ3v) is 7.44. The van der Waals surface area contributed by atoms with Crippen molar-refractivity contribution in [2.45, 2.75) is 22.0 Å². The number of benzene rings is 3. The van der Waals surface area contributed by atoms with Crippen LogP contribution in [0.1, 0.15) is 17.3 Å². The first-order valence-corrected chi connectivity index (χ1v) is 12.3. The summed E-state index contributed by atoms with van der Waals surface area (Å²) in [5.74, 6) is -0.548. The van der Waals surface area contributed by atoms with E-state index in [1.165, 1.54) is 36.0 Å². The maximum atomic E-state index is 12.7. The Balaban J connectivity index is 1.52. The lowest BCUT2D eigenvalue weighted by Gasteiger charge is -2.21. The van der Waals surface area contributed by atoms with Crippen LogP contribution in [-0.2, 0) is 14.8 Å². The van der Waals surface area contributed by atoms with Crippen molar-refractivity contribution >= 4 is 62.3 Å². The van der Waals surface area contributed by atoms with Gasteiger partial charge < -0.3 is 10.6 Å². The zero-order valence-corrected chi connectivity index (χ0v) is 19.1. The predicted octanol–water partition coefficient (Wildman–Crippen LogP) is 4.83. The second-order valence-corrected chi connectivity index (χ2v) is 10.6. The van der Waals surface area contributed by atoms with E-state index in [0.717, 1.165) is 4.90 Å². The van der Waals surface area contributed by atoms with Crippen LogP contribution in [0.2, 0.25) is 5.02 Å². The molecular formula is C22H18ClN3O4S2. The molecular weight excluding hydrogens is 470 g/mol. The highest BCUT2D eigenvalue weighted by atomic mass is 35.5. The molecule has 0 aliphatic carbocycles. The van der Waals surface area contributed by atoms with Gasteiger partial charge in [0.2, 0.25) is 5.91 Å². The quantitative estimate of drug-likeness (QED) is 0.478. The number of fused-ring (bicyclic) bond motifs is 1. The van der Waals surface area contributed by atoms with Gasteiger partial charge in [-0.1, -0.05) is 23.7 Å². The molecule has 3 N–H and O–H groups in total. The minimum absolute atomic E-state index is 0.0154. The van der Waals surface area contributed by atoms with Gasteiger partial charge in [0, 0.05) is 21.2 Å². The zero-order chi connectivity index (χ0) is 22.9. The van der Waals surface area contributed by atoms with Gasteiger partial charge in [0.05, 0.1) is 21.5 Å². The highest BCUT2D eigenvalue weighted by molar-refractivity contribution is 8.01. The van der Waals surface area contributed by atoms with Crippen LogP contribution >= 0.6 is 23.4 Å². The van der Waals surface area contributed by atoms with Gasteiger partial charge in [-0.25, -0.2) is 8.42 Å². The number of carbonyl (C=O) groups excluding carboxylic acids is 2. The summed E-state index contributed by atoms with van der Waals surface area (Å²) in [6.45, 7) is 1.81. The van der Waals surface area contributed by atoms with Crippen molar-refractivity contribution in [1.82, 2.24) is 0 Å². The molecule has 3 aromatic carbocycles. The van der Waals surface area contributed by atoms with Gasteiger partial charge in [0.1, 0.15) is 0 Å². The number of sulfonamides is 1. The summed E-state index contributed by atoms with van der Waals surface area (Å²) in [7, 11) is -3.89. The maximum absolute atomic E-state index is 12.7. The van der Waals surface area contributed by atoms with E-state index in [2.05, 4.69) is 15.4 Å². The first-order chi connectivity index (χ1) is 15.2. The smallest absolute Gasteiger partial charge is 0.261 e. The van der Waals surface area contributed by atoms with E-state index >= 15 is 0 Å². The Bertz CT molecular complexity index is 1330. The Morgan fingerprint density at radius 2 is 1.78 bits per heavy atom. The fourth-order valence-corrected chi connectivity index (χ4v) is 5.28. The monoisotopic (exact) mass is 487 g/mol. The molecule has 32 heavy (non-hydrogen) atoms. The van der Waals surface area contributed by atoms with Gasteiger partial charge in [-0.05, 0) is 61.5 Å². The van der Waals surface area contributed by atoms with E-state index in [9.17, 15) is 18.0 Å². The molecule has 164 valence electrons. The van der Waals surface area contributed by atoms with Crippen LogP contribution in [0.5, 0.6) is 0 Å². The normalized spacial score (nSPS) is 15.4. The molecule has 4 rings (SSSR count). The average molecular weight is 488 g/mol. The third-order valence-electron chi connectivity index (χ3n) is 4.65. The van der Waals surface area contributed by atoms with Gasteiger partial charge >= 0.3 is 0 Å². The summed E-state index contributed by atoms with van der Waals surface area (Å²) in [6.07, 6.45) is 0. The highest BCUT2D eigenvalue weighted by Crippen LogP contribution is 2.36. The van der Waals surface area contributed by atoms with E-state index in [-0.39, 0.29) is 16.1 Å². The summed E-state index contributed by atoms with van der Waals surface area (Å²) in [5.41, 5.74) is 1.56. The highest BCUT2D eigenvalue weighted by Gasteiger charge is 2.24. The van der Waals surface area contributed by atoms with Gasteiger partial charge in [0.15, 0.2) is 0 Å². The molecule has 1 aliphatic heterocycles. The van der Waals surface area contributed by atoms with Crippen molar-refractivity contribution in [3.63, 3.8) is 0 Å². The Labute approximate surface area is 194 Å². The topological polar surface area (TPSA) is 104 Å². The number of hydrogen-bond acceptors (Lipinski definition) is 5. The SMILES string of the molecule is CC1Sc2ccc(C(=O)Nc3cccc(S(=O)(=O)Nc4cccc(Cl)c4)c3)cc2NC1=O. The van der Waals surface area contributed by atoms with Crippen molar-refractivity contribution in [2.75, 3.05) is 15.4 Å². The molecule has 2 amide bonds. The molecule has 0 bridgehead atoms. The van der Waals surface area contributed by atoms with Crippen molar-refractivity contribution in [3.05, 3.63) is 77.3 Å². The van der Waals surface area contributed by atoms with Crippen LogP contribution in [0.15, 0.2) is 76.5 Å². The molecule has 0 aromatic heterocycles. The van der Waals surface area contributed by atoms with E-state index in [4.69, 9.17) is 11.6 Å². The van der Waals surface area contributed by atoms with Crippen LogP contribution < -0.4 is 15.4 Å². The van der Waals surface area contributed by atoms with Crippen LogP contribution in [0.4, 0.5) is 17.1 Å². The Kier molecular flexibility index (Phi) is 6.14. The van der Waals surface area contributed by atoms with Crippen LogP contribution in [0.25, 0.3) is 0 Å². The number of amides is 2. The molecule has 0 fully saturated rings. The molecule has 3 aromatic rings. The predicted molar refractivity (Wildman–Crippen MR) is 127 cm³/mol. The van der Waals surface area contributed by atoms with E-state index < -0.39 is 15.9 Å². The van der Waals surface area contributed by atoms with Gasteiger partial charge in [-0.3, -0.25) is 14.3 Å². The molecule has 7 nitrogen and oxygen atoms in total. The van der Waals surface area contributed by atoms with Crippen molar-refractivity contribution < 1.29 is 18.0 Å². The molecule has 0 saturated carbocycles. The lowest BCUT2D eigenvalue weighted by molar-refractivity contribution is -0.115. The number of halogens is 1. The number of anilines is 3. The second kappa shape index (κ2) is 8.85. The number of thioether (sulfide) groups is 1. The summed E-state index contributed by atoms with van der Waals surface area (Å²) < 4.78 is 27.9. The Morgan fingerprint density at radius 3 is 2.56 bits per heavy atom. The first-order valence-electron chi connectivity index (χ1n) is 9.53. The molecule has 10 heteroatoms. The second-order valence-electron chi connectivity index (χ2n) is 7.06. The van der Waals surface area contributed by atoms with Crippen molar-refractivity contribution in [1.29, 1.82) is 0 Å². The van der Waals surface area contributed by atoms with Crippen LogP contribution in [-0.4, -0.2) is 25.5 Å². The number of carbonyl (C=O) groups is 2. The van der Waals surface area contributed by atoms with Crippen molar-refractivity contribution in [2.24, 2.45) is 0 Å². The van der Waals surface area contributed by atoms with E-state index in [1.807, 2.05) is 6.92 Å². The molecule has 1 unspecified atom stereocenters. The van der Waals surface area contributed by atoms with Gasteiger partial charge in [0.25, 0.3) is 15.9 Å². The van der Waals surface area contributed by atoms with Crippen molar-refractivity contribution in [3.8, 4) is 0 Å². The summed E-state index contributed by atoms with van der Waals surface area (Å²) in [5, 5.41) is 5.69. The molecule has 1 atom stereocenters. The largest absolute Gasteiger partial charge is 0.324 e. The lowest BCUT2D eigenvalue weighted by atomic mass is 10.1. The van der Waals surface area contributed by atoms with Gasteiger partial charge in [-0.15, -0.1) is 11.8 Å². The molecule has 0 radical (unpaired) electrons. The van der Waals surface area contributed by atoms with Gasteiger partial charge in [-0.2, -0.15) is 0 Å². The minimum Gasteiger partial charge on any atom is -0.324 e. The standard InChI is InChI=1S/C22H18ClN3O4S2/c1-13-21(27)25-19-10-14(8-9-20(19)31-13)22(28)24-16-5-3-7-18(12-16)32(29,30)26-17-6-2-4-15(23)11-17/h2-13,26H,1H3,(H,24,28)(H,25,27). The lowest BCUT2D eigenvalue weighted by Crippen LogP contribution is -2.26. The summed E-state index contributed by atoms with van der Waals surface area (Å²) in [6, 6.07) is 17.3. The van der Waals surface area contributed by atoms with Crippen LogP contribution in [0, 0.1) is 0 Å². The average Bonchev–Trinajstić information content (AvgIpc) is 2.74. The number of nitrogens with one attached hydrogen (secondary N) is 3. The fraction of sp³-hybridized carbons (Fsp3) is 0.0909. The summed E-state index contributed by atoms with van der Waals surface area (Å²) >= 11 is 7.34. The van der Waals surface area contributed by atoms with E-state index in [0.29, 0.717) is 27.6 Å². The summed E-state index contributed by atoms with van der Waals surface area (Å²) in [4.78, 5) is 25.5. The minimum atomic E-state index is -3.89. The fourth-order valence-electron chi connectivity index (χ4n) is 3.06. The molecule has 0 spiro atoms. The van der Waals surface area contributed by atoms with E-state index in [1.54, 1.807) is 42.5 Å². The maximum Gasteiger partial charge on any atom is 0.261 e. The number of hydrogen-bond donors (Lipinski definition) is 3. The number of rotatable bonds is 5. The third kappa shape index (κ3) is 4.90. The molecule has 1 heterocycles. The Morgan fingerprint density at radius 1 is 1.03 bits per heavy atom. The molecule has 1 aliphatic rings. The molecule has 0 saturated heterocycles. The van der Waals surface area contributed by atoms with Crippen LogP contribution in [0.3, 0.4) is 0 Å².